The molecule has 1 amide bonds. The third kappa shape index (κ3) is 4.57. The maximum Gasteiger partial charge on any atom is 0.293 e. The molecule has 8 nitrogen and oxygen atoms in total. The van der Waals surface area contributed by atoms with Crippen LogP contribution in [0.2, 0.25) is 5.02 Å². The standard InChI is InChI=1S/C24H24ClN5O3/c1-2-29-15-17(13-27-29)20-12-22(33-28-20)24(31)30-10-4-3-5-21(30)23-26-14-19(32-23)11-16-6-8-18(25)9-7-16/h6-9,12-15,21H,2-5,10-11H2,1H3/t21-/m1/s1. The topological polar surface area (TPSA) is 90.2 Å². The van der Waals surface area contributed by atoms with Crippen LogP contribution in [0.15, 0.2) is 57.9 Å². The first kappa shape index (κ1) is 21.5. The van der Waals surface area contributed by atoms with E-state index in [9.17, 15) is 4.79 Å². The van der Waals surface area contributed by atoms with Gasteiger partial charge in [0.1, 0.15) is 17.5 Å². The van der Waals surface area contributed by atoms with Crippen molar-refractivity contribution >= 4 is 17.5 Å². The molecule has 9 heteroatoms. The van der Waals surface area contributed by atoms with Crippen molar-refractivity contribution < 1.29 is 13.7 Å². The van der Waals surface area contributed by atoms with Crippen LogP contribution in [0.5, 0.6) is 0 Å². The van der Waals surface area contributed by atoms with Gasteiger partial charge >= 0.3 is 0 Å². The monoisotopic (exact) mass is 465 g/mol. The van der Waals surface area contributed by atoms with Crippen molar-refractivity contribution in [3.8, 4) is 11.3 Å². The number of amides is 1. The van der Waals surface area contributed by atoms with Gasteiger partial charge in [0.25, 0.3) is 5.91 Å². The van der Waals surface area contributed by atoms with E-state index in [1.54, 1.807) is 28.0 Å². The number of rotatable bonds is 6. The molecule has 0 N–H and O–H groups in total. The number of aryl methyl sites for hydroxylation is 1. The Labute approximate surface area is 196 Å². The first-order chi connectivity index (χ1) is 16.1. The van der Waals surface area contributed by atoms with Gasteiger partial charge in [-0.1, -0.05) is 28.9 Å². The Morgan fingerprint density at radius 3 is 2.85 bits per heavy atom. The fourth-order valence-electron chi connectivity index (χ4n) is 4.12. The average molecular weight is 466 g/mol. The van der Waals surface area contributed by atoms with E-state index >= 15 is 0 Å². The van der Waals surface area contributed by atoms with E-state index in [4.69, 9.17) is 20.5 Å². The molecule has 170 valence electrons. The highest BCUT2D eigenvalue weighted by Gasteiger charge is 2.34. The lowest BCUT2D eigenvalue weighted by molar-refractivity contribution is 0.0528. The third-order valence-corrected chi connectivity index (χ3v) is 6.14. The van der Waals surface area contributed by atoms with E-state index in [1.807, 2.05) is 37.4 Å². The van der Waals surface area contributed by atoms with Crippen molar-refractivity contribution in [2.24, 2.45) is 0 Å². The van der Waals surface area contributed by atoms with E-state index in [0.717, 1.165) is 42.7 Å². The lowest BCUT2D eigenvalue weighted by Crippen LogP contribution is -2.38. The predicted molar refractivity (Wildman–Crippen MR) is 122 cm³/mol. The first-order valence-electron chi connectivity index (χ1n) is 11.1. The van der Waals surface area contributed by atoms with Gasteiger partial charge in [-0.15, -0.1) is 0 Å². The van der Waals surface area contributed by atoms with Crippen LogP contribution in [0, 0.1) is 0 Å². The molecule has 1 fully saturated rings. The average Bonchev–Trinajstić information content (AvgIpc) is 3.60. The summed E-state index contributed by atoms with van der Waals surface area (Å²) in [5, 5.41) is 9.03. The minimum Gasteiger partial charge on any atom is -0.443 e. The Morgan fingerprint density at radius 2 is 2.06 bits per heavy atom. The number of carbonyl (C=O) groups is 1. The number of carbonyl (C=O) groups excluding carboxylic acids is 1. The highest BCUT2D eigenvalue weighted by atomic mass is 35.5. The van der Waals surface area contributed by atoms with Crippen molar-refractivity contribution in [2.45, 2.75) is 45.2 Å². The molecule has 1 saturated heterocycles. The highest BCUT2D eigenvalue weighted by Crippen LogP contribution is 2.33. The van der Waals surface area contributed by atoms with E-state index in [0.29, 0.717) is 29.6 Å². The first-order valence-corrected chi connectivity index (χ1v) is 11.5. The molecule has 0 spiro atoms. The zero-order valence-corrected chi connectivity index (χ0v) is 19.0. The molecular formula is C24H24ClN5O3. The lowest BCUT2D eigenvalue weighted by atomic mass is 10.0. The zero-order chi connectivity index (χ0) is 22.8. The van der Waals surface area contributed by atoms with Crippen LogP contribution in [0.1, 0.15) is 60.0 Å². The largest absolute Gasteiger partial charge is 0.443 e. The maximum atomic E-state index is 13.3. The van der Waals surface area contributed by atoms with Gasteiger partial charge in [-0.2, -0.15) is 5.10 Å². The van der Waals surface area contributed by atoms with Crippen LogP contribution in [0.3, 0.4) is 0 Å². The second kappa shape index (κ2) is 9.23. The van der Waals surface area contributed by atoms with E-state index in [2.05, 4.69) is 15.2 Å². The van der Waals surface area contributed by atoms with Gasteiger partial charge in [-0.3, -0.25) is 9.48 Å². The van der Waals surface area contributed by atoms with Gasteiger partial charge in [0.15, 0.2) is 0 Å². The zero-order valence-electron chi connectivity index (χ0n) is 18.3. The Bertz CT molecular complexity index is 1240. The molecule has 0 aliphatic carbocycles. The number of piperidine rings is 1. The predicted octanol–water partition coefficient (Wildman–Crippen LogP) is 5.16. The molecular weight excluding hydrogens is 442 g/mol. The molecule has 1 atom stereocenters. The van der Waals surface area contributed by atoms with Crippen LogP contribution in [0.4, 0.5) is 0 Å². The van der Waals surface area contributed by atoms with E-state index < -0.39 is 0 Å². The number of halogens is 1. The molecule has 0 radical (unpaired) electrons. The summed E-state index contributed by atoms with van der Waals surface area (Å²) in [6.07, 6.45) is 8.66. The summed E-state index contributed by atoms with van der Waals surface area (Å²) in [5.74, 6) is 1.30. The highest BCUT2D eigenvalue weighted by molar-refractivity contribution is 6.30. The number of likely N-dealkylation sites (tertiary alicyclic amines) is 1. The number of aromatic nitrogens is 4. The molecule has 4 aromatic rings. The molecule has 3 aromatic heterocycles. The summed E-state index contributed by atoms with van der Waals surface area (Å²) >= 11 is 5.97. The summed E-state index contributed by atoms with van der Waals surface area (Å²) in [7, 11) is 0. The molecule has 1 aliphatic rings. The molecule has 1 aromatic carbocycles. The summed E-state index contributed by atoms with van der Waals surface area (Å²) in [6.45, 7) is 3.38. The van der Waals surface area contributed by atoms with Gasteiger partial charge in [0, 0.05) is 42.4 Å². The Balaban J connectivity index is 1.33. The fraction of sp³-hybridized carbons (Fsp3) is 0.333. The molecule has 5 rings (SSSR count). The number of benzene rings is 1. The van der Waals surface area contributed by atoms with Crippen LogP contribution in [-0.2, 0) is 13.0 Å². The second-order valence-electron chi connectivity index (χ2n) is 8.14. The Morgan fingerprint density at radius 1 is 1.21 bits per heavy atom. The normalized spacial score (nSPS) is 16.3. The summed E-state index contributed by atoms with van der Waals surface area (Å²) in [6, 6.07) is 9.08. The summed E-state index contributed by atoms with van der Waals surface area (Å²) in [4.78, 5) is 19.6. The van der Waals surface area contributed by atoms with Gasteiger partial charge in [0.05, 0.1) is 12.4 Å². The molecule has 4 heterocycles. The number of oxazole rings is 1. The number of nitrogens with zero attached hydrogens (tertiary/aromatic N) is 5. The van der Waals surface area contributed by atoms with Crippen LogP contribution in [0.25, 0.3) is 11.3 Å². The molecule has 33 heavy (non-hydrogen) atoms. The number of hydrogen-bond donors (Lipinski definition) is 0. The van der Waals surface area contributed by atoms with E-state index in [-0.39, 0.29) is 17.7 Å². The molecule has 1 aliphatic heterocycles. The summed E-state index contributed by atoms with van der Waals surface area (Å²) in [5.41, 5.74) is 2.49. The van der Waals surface area contributed by atoms with Crippen LogP contribution in [-0.4, -0.2) is 37.3 Å². The Hall–Kier alpha value is -3.39. The maximum absolute atomic E-state index is 13.3. The SMILES string of the molecule is CCn1cc(-c2cc(C(=O)N3CCCC[C@@H]3c3ncc(Cc4ccc(Cl)cc4)o3)on2)cn1. The smallest absolute Gasteiger partial charge is 0.293 e. The molecule has 0 bridgehead atoms. The van der Waals surface area contributed by atoms with Gasteiger partial charge < -0.3 is 13.8 Å². The van der Waals surface area contributed by atoms with Crippen molar-refractivity contribution in [2.75, 3.05) is 6.54 Å². The van der Waals surface area contributed by atoms with Crippen LogP contribution >= 0.6 is 11.6 Å². The quantitative estimate of drug-likeness (QED) is 0.390. The van der Waals surface area contributed by atoms with Crippen molar-refractivity contribution in [1.82, 2.24) is 24.8 Å². The third-order valence-electron chi connectivity index (χ3n) is 5.89. The Kier molecular flexibility index (Phi) is 6.00. The van der Waals surface area contributed by atoms with E-state index in [1.165, 1.54) is 0 Å². The van der Waals surface area contributed by atoms with Gasteiger partial charge in [-0.05, 0) is 43.9 Å². The fourth-order valence-corrected chi connectivity index (χ4v) is 4.24. The second-order valence-corrected chi connectivity index (χ2v) is 8.58. The minimum atomic E-state index is -0.235. The molecule has 0 saturated carbocycles. The lowest BCUT2D eigenvalue weighted by Gasteiger charge is -2.32. The van der Waals surface area contributed by atoms with Gasteiger partial charge in [-0.25, -0.2) is 4.98 Å². The van der Waals surface area contributed by atoms with Crippen molar-refractivity contribution in [1.29, 1.82) is 0 Å². The van der Waals surface area contributed by atoms with Crippen molar-refractivity contribution in [3.63, 3.8) is 0 Å². The molecule has 0 unspecified atom stereocenters. The van der Waals surface area contributed by atoms with Crippen molar-refractivity contribution in [3.05, 3.63) is 76.9 Å². The van der Waals surface area contributed by atoms with Gasteiger partial charge in [0.2, 0.25) is 11.7 Å². The number of hydrogen-bond acceptors (Lipinski definition) is 6. The van der Waals surface area contributed by atoms with Crippen LogP contribution < -0.4 is 0 Å². The summed E-state index contributed by atoms with van der Waals surface area (Å²) < 4.78 is 13.3. The minimum absolute atomic E-state index is 0.203.